The summed E-state index contributed by atoms with van der Waals surface area (Å²) in [7, 11) is 0. The van der Waals surface area contributed by atoms with E-state index in [0.717, 1.165) is 22.5 Å². The maximum Gasteiger partial charge on any atom is 0.269 e. The Hall–Kier alpha value is -2.95. The van der Waals surface area contributed by atoms with E-state index in [0.29, 0.717) is 5.76 Å². The van der Waals surface area contributed by atoms with Crippen LogP contribution in [0, 0.1) is 17.0 Å². The van der Waals surface area contributed by atoms with Crippen LogP contribution in [0.25, 0.3) is 22.7 Å². The lowest BCUT2D eigenvalue weighted by atomic mass is 10.1. The first-order chi connectivity index (χ1) is 10.1. The topological polar surface area (TPSA) is 69.2 Å². The summed E-state index contributed by atoms with van der Waals surface area (Å²) in [5.74, 6) is 0.696. The van der Waals surface area contributed by atoms with Crippen LogP contribution >= 0.6 is 0 Å². The molecule has 104 valence electrons. The third-order valence-corrected chi connectivity index (χ3v) is 3.12. The van der Waals surface area contributed by atoms with Gasteiger partial charge in [-0.2, -0.15) is 0 Å². The van der Waals surface area contributed by atoms with Gasteiger partial charge < -0.3 is 4.42 Å². The summed E-state index contributed by atoms with van der Waals surface area (Å²) in [5.41, 5.74) is 3.45. The van der Waals surface area contributed by atoms with E-state index in [2.05, 4.69) is 4.98 Å². The van der Waals surface area contributed by atoms with Crippen LogP contribution in [0.15, 0.2) is 59.2 Å². The number of hydrogen-bond donors (Lipinski definition) is 0. The predicted molar refractivity (Wildman–Crippen MR) is 78.8 cm³/mol. The number of furan rings is 1. The molecule has 0 saturated heterocycles. The molecule has 2 aromatic heterocycles. The van der Waals surface area contributed by atoms with Gasteiger partial charge >= 0.3 is 0 Å². The Balaban J connectivity index is 2.04. The number of non-ortho nitro benzene ring substituents is 1. The summed E-state index contributed by atoms with van der Waals surface area (Å²) in [6.45, 7) is 1.98. The molecule has 21 heavy (non-hydrogen) atoms. The van der Waals surface area contributed by atoms with Crippen LogP contribution in [0.2, 0.25) is 0 Å². The largest absolute Gasteiger partial charge is 0.463 e. The number of pyridine rings is 1. The molecule has 3 aromatic rings. The van der Waals surface area contributed by atoms with E-state index in [4.69, 9.17) is 4.42 Å². The van der Waals surface area contributed by atoms with Gasteiger partial charge in [-0.25, -0.2) is 4.98 Å². The van der Waals surface area contributed by atoms with E-state index >= 15 is 0 Å². The van der Waals surface area contributed by atoms with Gasteiger partial charge in [0.25, 0.3) is 5.69 Å². The number of benzene rings is 1. The van der Waals surface area contributed by atoms with Gasteiger partial charge in [-0.3, -0.25) is 10.1 Å². The molecular formula is C16H12N2O3. The molecule has 0 N–H and O–H groups in total. The van der Waals surface area contributed by atoms with Gasteiger partial charge in [0, 0.05) is 17.7 Å². The Morgan fingerprint density at radius 3 is 2.43 bits per heavy atom. The second-order valence-electron chi connectivity index (χ2n) is 4.70. The van der Waals surface area contributed by atoms with Crippen LogP contribution in [0.1, 0.15) is 5.56 Å². The molecule has 1 aromatic carbocycles. The van der Waals surface area contributed by atoms with Gasteiger partial charge in [-0.05, 0) is 48.9 Å². The van der Waals surface area contributed by atoms with Crippen molar-refractivity contribution in [1.29, 1.82) is 0 Å². The first kappa shape index (κ1) is 13.1. The Labute approximate surface area is 121 Å². The van der Waals surface area contributed by atoms with Crippen molar-refractivity contribution >= 4 is 5.69 Å². The monoisotopic (exact) mass is 280 g/mol. The molecule has 0 saturated carbocycles. The molecule has 0 aliphatic carbocycles. The van der Waals surface area contributed by atoms with Crippen LogP contribution in [-0.2, 0) is 0 Å². The van der Waals surface area contributed by atoms with E-state index in [-0.39, 0.29) is 5.69 Å². The average Bonchev–Trinajstić information content (AvgIpc) is 3.01. The molecular weight excluding hydrogens is 268 g/mol. The lowest BCUT2D eigenvalue weighted by Gasteiger charge is -2.05. The summed E-state index contributed by atoms with van der Waals surface area (Å²) in [6.07, 6.45) is 1.60. The number of aromatic nitrogens is 1. The zero-order chi connectivity index (χ0) is 14.8. The fourth-order valence-corrected chi connectivity index (χ4v) is 2.12. The summed E-state index contributed by atoms with van der Waals surface area (Å²) < 4.78 is 5.36. The number of rotatable bonds is 3. The van der Waals surface area contributed by atoms with Gasteiger partial charge in [-0.15, -0.1) is 0 Å². The van der Waals surface area contributed by atoms with Crippen LogP contribution in [-0.4, -0.2) is 9.91 Å². The quantitative estimate of drug-likeness (QED) is 0.532. The molecule has 0 radical (unpaired) electrons. The van der Waals surface area contributed by atoms with Crippen molar-refractivity contribution < 1.29 is 9.34 Å². The Kier molecular flexibility index (Phi) is 3.23. The van der Waals surface area contributed by atoms with Crippen molar-refractivity contribution in [2.45, 2.75) is 6.92 Å². The van der Waals surface area contributed by atoms with Crippen molar-refractivity contribution in [3.8, 4) is 22.7 Å². The van der Waals surface area contributed by atoms with Gasteiger partial charge in [0.2, 0.25) is 0 Å². The first-order valence-electron chi connectivity index (χ1n) is 6.41. The highest BCUT2D eigenvalue weighted by atomic mass is 16.6. The minimum Gasteiger partial charge on any atom is -0.463 e. The van der Waals surface area contributed by atoms with Gasteiger partial charge in [-0.1, -0.05) is 0 Å². The summed E-state index contributed by atoms with van der Waals surface area (Å²) >= 11 is 0. The van der Waals surface area contributed by atoms with Crippen molar-refractivity contribution in [3.05, 3.63) is 70.5 Å². The van der Waals surface area contributed by atoms with Crippen LogP contribution < -0.4 is 0 Å². The zero-order valence-electron chi connectivity index (χ0n) is 11.3. The minimum absolute atomic E-state index is 0.0673. The van der Waals surface area contributed by atoms with Crippen LogP contribution in [0.3, 0.4) is 0 Å². The molecule has 5 heteroatoms. The number of aryl methyl sites for hydroxylation is 1. The number of hydrogen-bond acceptors (Lipinski definition) is 4. The van der Waals surface area contributed by atoms with Gasteiger partial charge in [0.1, 0.15) is 5.69 Å². The first-order valence-corrected chi connectivity index (χ1v) is 6.41. The molecule has 0 aliphatic heterocycles. The van der Waals surface area contributed by atoms with E-state index < -0.39 is 4.92 Å². The Bertz CT molecular complexity index is 778. The van der Waals surface area contributed by atoms with E-state index in [1.807, 2.05) is 31.2 Å². The Morgan fingerprint density at radius 1 is 1.10 bits per heavy atom. The summed E-state index contributed by atoms with van der Waals surface area (Å²) in [6, 6.07) is 13.9. The average molecular weight is 280 g/mol. The number of nitrogens with zero attached hydrogens (tertiary/aromatic N) is 2. The molecule has 0 amide bonds. The number of nitro groups is 1. The second kappa shape index (κ2) is 5.20. The zero-order valence-corrected chi connectivity index (χ0v) is 11.3. The molecule has 3 rings (SSSR count). The highest BCUT2D eigenvalue weighted by molar-refractivity contribution is 5.65. The molecule has 0 aliphatic rings. The summed E-state index contributed by atoms with van der Waals surface area (Å²) in [5, 5.41) is 10.7. The molecule has 0 atom stereocenters. The highest BCUT2D eigenvalue weighted by Crippen LogP contribution is 2.26. The van der Waals surface area contributed by atoms with Crippen molar-refractivity contribution in [1.82, 2.24) is 4.98 Å². The van der Waals surface area contributed by atoms with E-state index in [9.17, 15) is 10.1 Å². The lowest BCUT2D eigenvalue weighted by Crippen LogP contribution is -1.91. The molecule has 2 heterocycles. The van der Waals surface area contributed by atoms with Gasteiger partial charge in [0.05, 0.1) is 16.9 Å². The number of nitro benzene ring substituents is 1. The SMILES string of the molecule is Cc1cc(-c2ccc([N+](=O)[O-])cc2)nc(-c2ccco2)c1. The van der Waals surface area contributed by atoms with Crippen LogP contribution in [0.4, 0.5) is 5.69 Å². The van der Waals surface area contributed by atoms with Crippen molar-refractivity contribution in [2.75, 3.05) is 0 Å². The normalized spacial score (nSPS) is 10.5. The van der Waals surface area contributed by atoms with E-state index in [1.165, 1.54) is 12.1 Å². The minimum atomic E-state index is -0.415. The third-order valence-electron chi connectivity index (χ3n) is 3.12. The highest BCUT2D eigenvalue weighted by Gasteiger charge is 2.09. The fraction of sp³-hybridized carbons (Fsp3) is 0.0625. The molecule has 0 fully saturated rings. The molecule has 5 nitrogen and oxygen atoms in total. The van der Waals surface area contributed by atoms with Gasteiger partial charge in [0.15, 0.2) is 5.76 Å². The fourth-order valence-electron chi connectivity index (χ4n) is 2.12. The smallest absolute Gasteiger partial charge is 0.269 e. The lowest BCUT2D eigenvalue weighted by molar-refractivity contribution is -0.384. The van der Waals surface area contributed by atoms with Crippen molar-refractivity contribution in [3.63, 3.8) is 0 Å². The maximum atomic E-state index is 10.7. The standard InChI is InChI=1S/C16H12N2O3/c1-11-9-14(12-4-6-13(7-5-12)18(19)20)17-15(10-11)16-3-2-8-21-16/h2-10H,1H3. The molecule has 0 bridgehead atoms. The van der Waals surface area contributed by atoms with E-state index in [1.54, 1.807) is 18.4 Å². The predicted octanol–water partition coefficient (Wildman–Crippen LogP) is 4.23. The molecule has 0 spiro atoms. The third kappa shape index (κ3) is 2.67. The van der Waals surface area contributed by atoms with Crippen molar-refractivity contribution in [2.24, 2.45) is 0 Å². The second-order valence-corrected chi connectivity index (χ2v) is 4.70. The molecule has 0 unspecified atom stereocenters. The Morgan fingerprint density at radius 2 is 1.81 bits per heavy atom. The maximum absolute atomic E-state index is 10.7. The summed E-state index contributed by atoms with van der Waals surface area (Å²) in [4.78, 5) is 14.8. The van der Waals surface area contributed by atoms with Crippen LogP contribution in [0.5, 0.6) is 0 Å².